The van der Waals surface area contributed by atoms with E-state index in [1.165, 1.54) is 18.4 Å². The number of imidazole rings is 1. The van der Waals surface area contributed by atoms with Crippen LogP contribution in [0.1, 0.15) is 18.4 Å². The highest BCUT2D eigenvalue weighted by Gasteiger charge is 2.17. The summed E-state index contributed by atoms with van der Waals surface area (Å²) in [6.45, 7) is 3.25. The summed E-state index contributed by atoms with van der Waals surface area (Å²) in [7, 11) is 0. The van der Waals surface area contributed by atoms with Gasteiger partial charge in [0.05, 0.1) is 34.1 Å². The van der Waals surface area contributed by atoms with Gasteiger partial charge in [0, 0.05) is 41.6 Å². The molecule has 1 saturated heterocycles. The summed E-state index contributed by atoms with van der Waals surface area (Å²) < 4.78 is 0. The third-order valence-electron chi connectivity index (χ3n) is 6.82. The lowest BCUT2D eigenvalue weighted by atomic mass is 10.1. The highest BCUT2D eigenvalue weighted by atomic mass is 15.1. The fourth-order valence-corrected chi connectivity index (χ4v) is 5.04. The van der Waals surface area contributed by atoms with Crippen LogP contribution in [-0.4, -0.2) is 53.1 Å². The van der Waals surface area contributed by atoms with Crippen LogP contribution in [0.4, 0.5) is 0 Å². The number of hydrogen-bond donors (Lipinski definition) is 2. The van der Waals surface area contributed by atoms with Crippen molar-refractivity contribution in [2.45, 2.75) is 19.4 Å². The van der Waals surface area contributed by atoms with E-state index in [2.05, 4.69) is 47.2 Å². The van der Waals surface area contributed by atoms with Crippen molar-refractivity contribution in [3.05, 3.63) is 78.9 Å². The first kappa shape index (κ1) is 20.9. The number of aromatic nitrogens is 7. The lowest BCUT2D eigenvalue weighted by Crippen LogP contribution is -2.18. The topological polar surface area (TPSA) is 99.3 Å². The molecule has 0 amide bonds. The van der Waals surface area contributed by atoms with Crippen LogP contribution in [0.25, 0.3) is 56.0 Å². The van der Waals surface area contributed by atoms with E-state index >= 15 is 0 Å². The zero-order chi connectivity index (χ0) is 23.9. The van der Waals surface area contributed by atoms with Crippen molar-refractivity contribution in [2.75, 3.05) is 13.1 Å². The number of hydrogen-bond acceptors (Lipinski definition) is 6. The Morgan fingerprint density at radius 3 is 2.69 bits per heavy atom. The predicted octanol–water partition coefficient (Wildman–Crippen LogP) is 5.22. The SMILES string of the molecule is c1ccc(-c2cccc3[nH]c(-c4n[nH]c5cnc(-c6cncc(CN7CCCC7)c6)cc45)nc23)nc1. The third kappa shape index (κ3) is 3.72. The molecule has 7 rings (SSSR count). The monoisotopic (exact) mass is 472 g/mol. The molecular formula is C28H24N8. The first-order valence-electron chi connectivity index (χ1n) is 12.2. The Bertz CT molecular complexity index is 1680. The van der Waals surface area contributed by atoms with Gasteiger partial charge in [-0.3, -0.25) is 25.0 Å². The van der Waals surface area contributed by atoms with Gasteiger partial charge in [-0.25, -0.2) is 4.98 Å². The molecule has 6 heterocycles. The lowest BCUT2D eigenvalue weighted by molar-refractivity contribution is 0.331. The lowest BCUT2D eigenvalue weighted by Gasteiger charge is -2.14. The molecule has 0 bridgehead atoms. The van der Waals surface area contributed by atoms with E-state index in [-0.39, 0.29) is 0 Å². The molecule has 1 aromatic carbocycles. The van der Waals surface area contributed by atoms with E-state index in [1.807, 2.05) is 55.0 Å². The molecule has 36 heavy (non-hydrogen) atoms. The minimum Gasteiger partial charge on any atom is -0.337 e. The van der Waals surface area contributed by atoms with Crippen molar-refractivity contribution in [2.24, 2.45) is 0 Å². The van der Waals surface area contributed by atoms with Crippen LogP contribution in [-0.2, 0) is 6.54 Å². The van der Waals surface area contributed by atoms with Gasteiger partial charge in [-0.1, -0.05) is 18.2 Å². The molecule has 8 heteroatoms. The summed E-state index contributed by atoms with van der Waals surface area (Å²) in [6.07, 6.45) is 10.0. The maximum Gasteiger partial charge on any atom is 0.159 e. The summed E-state index contributed by atoms with van der Waals surface area (Å²) in [5, 5.41) is 8.66. The van der Waals surface area contributed by atoms with Crippen molar-refractivity contribution < 1.29 is 0 Å². The Balaban J connectivity index is 1.28. The molecule has 0 saturated carbocycles. The number of nitrogens with zero attached hydrogens (tertiary/aromatic N) is 6. The summed E-state index contributed by atoms with van der Waals surface area (Å²) in [5.41, 5.74) is 8.39. The van der Waals surface area contributed by atoms with Gasteiger partial charge in [-0.15, -0.1) is 0 Å². The maximum atomic E-state index is 4.94. The van der Waals surface area contributed by atoms with E-state index in [0.717, 1.165) is 69.8 Å². The zero-order valence-electron chi connectivity index (χ0n) is 19.6. The summed E-state index contributed by atoms with van der Waals surface area (Å²) in [6, 6.07) is 16.2. The Hall–Kier alpha value is -4.43. The summed E-state index contributed by atoms with van der Waals surface area (Å²) in [4.78, 5) is 24.6. The quantitative estimate of drug-likeness (QED) is 0.357. The molecule has 1 fully saturated rings. The van der Waals surface area contributed by atoms with E-state index < -0.39 is 0 Å². The molecule has 0 spiro atoms. The molecule has 0 aliphatic carbocycles. The van der Waals surface area contributed by atoms with Crippen LogP contribution in [0, 0.1) is 0 Å². The highest BCUT2D eigenvalue weighted by molar-refractivity contribution is 5.97. The number of aromatic amines is 2. The predicted molar refractivity (Wildman–Crippen MR) is 140 cm³/mol. The minimum absolute atomic E-state index is 0.706. The average molecular weight is 473 g/mol. The largest absolute Gasteiger partial charge is 0.337 e. The number of fused-ring (bicyclic) bond motifs is 2. The Labute approximate surface area is 207 Å². The van der Waals surface area contributed by atoms with Gasteiger partial charge >= 0.3 is 0 Å². The molecule has 0 atom stereocenters. The number of rotatable bonds is 5. The second-order valence-corrected chi connectivity index (χ2v) is 9.25. The number of pyridine rings is 3. The van der Waals surface area contributed by atoms with Crippen molar-refractivity contribution >= 4 is 21.9 Å². The van der Waals surface area contributed by atoms with Gasteiger partial charge < -0.3 is 4.98 Å². The van der Waals surface area contributed by atoms with Crippen molar-refractivity contribution in [1.82, 2.24) is 40.0 Å². The van der Waals surface area contributed by atoms with Gasteiger partial charge in [0.2, 0.25) is 0 Å². The Kier molecular flexibility index (Phi) is 5.03. The van der Waals surface area contributed by atoms with Crippen LogP contribution in [0.3, 0.4) is 0 Å². The molecule has 176 valence electrons. The average Bonchev–Trinajstić information content (AvgIpc) is 3.68. The fourth-order valence-electron chi connectivity index (χ4n) is 5.04. The number of likely N-dealkylation sites (tertiary alicyclic amines) is 1. The molecule has 8 nitrogen and oxygen atoms in total. The molecule has 1 aliphatic rings. The van der Waals surface area contributed by atoms with Gasteiger partial charge in [-0.05, 0) is 61.8 Å². The second kappa shape index (κ2) is 8.66. The molecule has 0 unspecified atom stereocenters. The molecule has 0 radical (unpaired) electrons. The molecular weight excluding hydrogens is 448 g/mol. The van der Waals surface area contributed by atoms with Crippen molar-refractivity contribution in [3.63, 3.8) is 0 Å². The molecule has 6 aromatic rings. The number of para-hydroxylation sites is 1. The van der Waals surface area contributed by atoms with Crippen LogP contribution < -0.4 is 0 Å². The smallest absolute Gasteiger partial charge is 0.159 e. The normalized spacial score (nSPS) is 14.2. The number of benzene rings is 1. The standard InChI is InChI=1S/C28H24N8/c1-2-9-30-22(7-1)20-6-5-8-23-26(20)33-28(32-23)27-21-13-24(31-16-25(21)34-35-27)19-12-18(14-29-15-19)17-36-10-3-4-11-36/h1-2,5-9,12-16H,3-4,10-11,17H2,(H,32,33)(H,34,35). The van der Waals surface area contributed by atoms with Crippen LogP contribution in [0.15, 0.2) is 73.3 Å². The van der Waals surface area contributed by atoms with E-state index in [9.17, 15) is 0 Å². The van der Waals surface area contributed by atoms with E-state index in [0.29, 0.717) is 5.82 Å². The molecule has 2 N–H and O–H groups in total. The molecule has 1 aliphatic heterocycles. The zero-order valence-corrected chi connectivity index (χ0v) is 19.6. The summed E-state index contributed by atoms with van der Waals surface area (Å²) in [5.74, 6) is 0.706. The van der Waals surface area contributed by atoms with Gasteiger partial charge in [0.25, 0.3) is 0 Å². The second-order valence-electron chi connectivity index (χ2n) is 9.25. The highest BCUT2D eigenvalue weighted by Crippen LogP contribution is 2.32. The van der Waals surface area contributed by atoms with Crippen molar-refractivity contribution in [3.8, 4) is 34.0 Å². The van der Waals surface area contributed by atoms with E-state index in [1.54, 1.807) is 6.20 Å². The fraction of sp³-hybridized carbons (Fsp3) is 0.179. The van der Waals surface area contributed by atoms with Crippen molar-refractivity contribution in [1.29, 1.82) is 0 Å². The first-order chi connectivity index (χ1) is 17.8. The van der Waals surface area contributed by atoms with Gasteiger partial charge in [-0.2, -0.15) is 5.10 Å². The minimum atomic E-state index is 0.706. The first-order valence-corrected chi connectivity index (χ1v) is 12.2. The number of H-pyrrole nitrogens is 2. The molecule has 5 aromatic heterocycles. The summed E-state index contributed by atoms with van der Waals surface area (Å²) >= 11 is 0. The van der Waals surface area contributed by atoms with Crippen LogP contribution in [0.2, 0.25) is 0 Å². The Morgan fingerprint density at radius 2 is 1.81 bits per heavy atom. The van der Waals surface area contributed by atoms with E-state index in [4.69, 9.17) is 4.98 Å². The van der Waals surface area contributed by atoms with Gasteiger partial charge in [0.1, 0.15) is 5.69 Å². The number of nitrogens with one attached hydrogen (secondary N) is 2. The Morgan fingerprint density at radius 1 is 0.861 bits per heavy atom. The van der Waals surface area contributed by atoms with Gasteiger partial charge in [0.15, 0.2) is 5.82 Å². The third-order valence-corrected chi connectivity index (χ3v) is 6.82. The van der Waals surface area contributed by atoms with Crippen LogP contribution in [0.5, 0.6) is 0 Å². The van der Waals surface area contributed by atoms with Crippen LogP contribution >= 0.6 is 0 Å². The maximum absolute atomic E-state index is 4.94.